The van der Waals surface area contributed by atoms with E-state index in [1.54, 1.807) is 19.1 Å². The lowest BCUT2D eigenvalue weighted by atomic mass is 10.0. The fourth-order valence-corrected chi connectivity index (χ4v) is 1.41. The number of hydrogen-bond donors (Lipinski definition) is 3. The number of carboxylic acid groups (broad SMARTS) is 1. The number of carboxylic acids is 1. The first-order chi connectivity index (χ1) is 7.45. The number of ether oxygens (including phenoxy) is 1. The van der Waals surface area contributed by atoms with Crippen molar-refractivity contribution in [1.29, 1.82) is 0 Å². The Labute approximate surface area is 93.5 Å². The smallest absolute Gasteiger partial charge is 0.320 e. The average Bonchev–Trinajstić information content (AvgIpc) is 2.24. The van der Waals surface area contributed by atoms with Crippen LogP contribution in [0.15, 0.2) is 12.1 Å². The first kappa shape index (κ1) is 12.3. The number of nitrogens with two attached hydrogens (primary N) is 1. The lowest BCUT2D eigenvalue weighted by Crippen LogP contribution is -2.32. The van der Waals surface area contributed by atoms with Crippen LogP contribution in [0.25, 0.3) is 0 Å². The zero-order valence-corrected chi connectivity index (χ0v) is 9.23. The molecule has 1 aromatic rings. The van der Waals surface area contributed by atoms with Crippen molar-refractivity contribution in [3.8, 4) is 11.5 Å². The quantitative estimate of drug-likeness (QED) is 0.700. The molecule has 1 atom stereocenters. The van der Waals surface area contributed by atoms with Gasteiger partial charge in [0.05, 0.1) is 7.11 Å². The molecule has 0 aliphatic rings. The molecule has 1 unspecified atom stereocenters. The number of hydrogen-bond acceptors (Lipinski definition) is 4. The minimum absolute atomic E-state index is 0.0671. The van der Waals surface area contributed by atoms with Crippen molar-refractivity contribution >= 4 is 5.97 Å². The zero-order chi connectivity index (χ0) is 12.3. The molecule has 0 aromatic heterocycles. The summed E-state index contributed by atoms with van der Waals surface area (Å²) < 4.78 is 5.03. The molecule has 16 heavy (non-hydrogen) atoms. The van der Waals surface area contributed by atoms with E-state index in [0.717, 1.165) is 0 Å². The maximum atomic E-state index is 10.6. The predicted molar refractivity (Wildman–Crippen MR) is 58.7 cm³/mol. The van der Waals surface area contributed by atoms with E-state index < -0.39 is 12.0 Å². The molecule has 0 heterocycles. The van der Waals surface area contributed by atoms with Gasteiger partial charge in [-0.3, -0.25) is 4.79 Å². The van der Waals surface area contributed by atoms with Crippen LogP contribution in [0.5, 0.6) is 11.5 Å². The number of phenols is 1. The van der Waals surface area contributed by atoms with E-state index in [0.29, 0.717) is 16.9 Å². The largest absolute Gasteiger partial charge is 0.507 e. The molecule has 0 radical (unpaired) electrons. The van der Waals surface area contributed by atoms with E-state index in [4.69, 9.17) is 15.6 Å². The van der Waals surface area contributed by atoms with Crippen molar-refractivity contribution in [2.24, 2.45) is 5.73 Å². The van der Waals surface area contributed by atoms with Crippen LogP contribution in [0.1, 0.15) is 11.1 Å². The highest BCUT2D eigenvalue weighted by Crippen LogP contribution is 2.28. The second kappa shape index (κ2) is 4.85. The van der Waals surface area contributed by atoms with Crippen LogP contribution >= 0.6 is 0 Å². The monoisotopic (exact) mass is 225 g/mol. The summed E-state index contributed by atoms with van der Waals surface area (Å²) >= 11 is 0. The molecule has 1 aromatic carbocycles. The number of carbonyl (C=O) groups is 1. The molecule has 4 N–H and O–H groups in total. The van der Waals surface area contributed by atoms with Gasteiger partial charge in [-0.2, -0.15) is 0 Å². The Balaban J connectivity index is 3.03. The van der Waals surface area contributed by atoms with Crippen LogP contribution in [0.3, 0.4) is 0 Å². The van der Waals surface area contributed by atoms with Crippen molar-refractivity contribution < 1.29 is 19.7 Å². The van der Waals surface area contributed by atoms with Gasteiger partial charge in [-0.15, -0.1) is 0 Å². The molecule has 5 nitrogen and oxygen atoms in total. The standard InChI is InChI=1S/C11H15NO4/c1-6-3-8(16-2)4-7(10(6)13)5-9(12)11(14)15/h3-4,9,13H,5,12H2,1-2H3,(H,14,15). The fraction of sp³-hybridized carbons (Fsp3) is 0.364. The summed E-state index contributed by atoms with van der Waals surface area (Å²) in [4.78, 5) is 10.6. The molecule has 0 bridgehead atoms. The van der Waals surface area contributed by atoms with Crippen LogP contribution < -0.4 is 10.5 Å². The van der Waals surface area contributed by atoms with E-state index in [2.05, 4.69) is 0 Å². The number of aromatic hydroxyl groups is 1. The summed E-state index contributed by atoms with van der Waals surface area (Å²) in [5.41, 5.74) is 6.52. The zero-order valence-electron chi connectivity index (χ0n) is 9.23. The van der Waals surface area contributed by atoms with Crippen molar-refractivity contribution in [3.63, 3.8) is 0 Å². The highest BCUT2D eigenvalue weighted by Gasteiger charge is 2.16. The molecule has 0 aliphatic heterocycles. The Morgan fingerprint density at radius 1 is 1.56 bits per heavy atom. The summed E-state index contributed by atoms with van der Waals surface area (Å²) in [6.07, 6.45) is 0.0687. The highest BCUT2D eigenvalue weighted by atomic mass is 16.5. The number of aryl methyl sites for hydroxylation is 1. The number of methoxy groups -OCH3 is 1. The first-order valence-corrected chi connectivity index (χ1v) is 4.80. The molecule has 0 saturated carbocycles. The molecule has 88 valence electrons. The molecule has 1 rings (SSSR count). The summed E-state index contributed by atoms with van der Waals surface area (Å²) in [6.45, 7) is 1.72. The lowest BCUT2D eigenvalue weighted by molar-refractivity contribution is -0.138. The predicted octanol–water partition coefficient (Wildman–Crippen LogP) is 0.664. The second-order valence-electron chi connectivity index (χ2n) is 3.60. The third kappa shape index (κ3) is 2.64. The normalized spacial score (nSPS) is 12.2. The Kier molecular flexibility index (Phi) is 3.73. The number of aliphatic carboxylic acids is 1. The van der Waals surface area contributed by atoms with Crippen molar-refractivity contribution in [3.05, 3.63) is 23.3 Å². The number of rotatable bonds is 4. The van der Waals surface area contributed by atoms with Gasteiger partial charge in [0.1, 0.15) is 17.5 Å². The van der Waals surface area contributed by atoms with E-state index in [9.17, 15) is 9.90 Å². The van der Waals surface area contributed by atoms with E-state index >= 15 is 0 Å². The van der Waals surface area contributed by atoms with E-state index in [-0.39, 0.29) is 12.2 Å². The third-order valence-electron chi connectivity index (χ3n) is 2.35. The lowest BCUT2D eigenvalue weighted by Gasteiger charge is -2.12. The summed E-state index contributed by atoms with van der Waals surface area (Å²) in [7, 11) is 1.51. The molecular weight excluding hydrogens is 210 g/mol. The minimum Gasteiger partial charge on any atom is -0.507 e. The molecule has 0 fully saturated rings. The van der Waals surface area contributed by atoms with Gasteiger partial charge < -0.3 is 20.7 Å². The van der Waals surface area contributed by atoms with Crippen LogP contribution in [0, 0.1) is 6.92 Å². The minimum atomic E-state index is -1.10. The summed E-state index contributed by atoms with van der Waals surface area (Å²) in [5.74, 6) is -0.458. The third-order valence-corrected chi connectivity index (χ3v) is 2.35. The van der Waals surface area contributed by atoms with Crippen LogP contribution in [-0.2, 0) is 11.2 Å². The van der Waals surface area contributed by atoms with Crippen molar-refractivity contribution in [2.45, 2.75) is 19.4 Å². The molecule has 5 heteroatoms. The second-order valence-corrected chi connectivity index (χ2v) is 3.60. The van der Waals surface area contributed by atoms with Gasteiger partial charge in [-0.1, -0.05) is 0 Å². The first-order valence-electron chi connectivity index (χ1n) is 4.80. The number of benzene rings is 1. The van der Waals surface area contributed by atoms with Crippen LogP contribution in [0.4, 0.5) is 0 Å². The van der Waals surface area contributed by atoms with Gasteiger partial charge in [-0.05, 0) is 30.2 Å². The van der Waals surface area contributed by atoms with Gasteiger partial charge >= 0.3 is 5.97 Å². The van der Waals surface area contributed by atoms with Gasteiger partial charge in [-0.25, -0.2) is 0 Å². The molecule has 0 amide bonds. The van der Waals surface area contributed by atoms with E-state index in [1.807, 2.05) is 0 Å². The van der Waals surface area contributed by atoms with Gasteiger partial charge in [0.15, 0.2) is 0 Å². The molecular formula is C11H15NO4. The molecule has 0 aliphatic carbocycles. The Bertz CT molecular complexity index is 403. The van der Waals surface area contributed by atoms with Crippen molar-refractivity contribution in [1.82, 2.24) is 0 Å². The fourth-order valence-electron chi connectivity index (χ4n) is 1.41. The SMILES string of the molecule is COc1cc(C)c(O)c(CC(N)C(=O)O)c1. The maximum Gasteiger partial charge on any atom is 0.320 e. The topological polar surface area (TPSA) is 92.8 Å². The summed E-state index contributed by atoms with van der Waals surface area (Å²) in [6, 6.07) is 2.23. The number of phenolic OH excluding ortho intramolecular Hbond substituents is 1. The molecule has 0 saturated heterocycles. The van der Waals surface area contributed by atoms with E-state index in [1.165, 1.54) is 7.11 Å². The summed E-state index contributed by atoms with van der Waals surface area (Å²) in [5, 5.41) is 18.4. The molecule has 0 spiro atoms. The van der Waals surface area contributed by atoms with Crippen LogP contribution in [-0.4, -0.2) is 29.3 Å². The Hall–Kier alpha value is -1.75. The van der Waals surface area contributed by atoms with Gasteiger partial charge in [0, 0.05) is 6.42 Å². The van der Waals surface area contributed by atoms with Crippen LogP contribution in [0.2, 0.25) is 0 Å². The maximum absolute atomic E-state index is 10.6. The Morgan fingerprint density at radius 3 is 2.69 bits per heavy atom. The highest BCUT2D eigenvalue weighted by molar-refractivity contribution is 5.73. The van der Waals surface area contributed by atoms with Gasteiger partial charge in [0.25, 0.3) is 0 Å². The van der Waals surface area contributed by atoms with Crippen molar-refractivity contribution in [2.75, 3.05) is 7.11 Å². The Morgan fingerprint density at radius 2 is 2.19 bits per heavy atom. The van der Waals surface area contributed by atoms with Gasteiger partial charge in [0.2, 0.25) is 0 Å². The average molecular weight is 225 g/mol.